The van der Waals surface area contributed by atoms with Crippen LogP contribution in [0.4, 0.5) is 11.5 Å². The van der Waals surface area contributed by atoms with Crippen LogP contribution in [-0.2, 0) is 14.8 Å². The standard InChI is InChI=1S/C30H27N5O5S2/c1-39-23-12-6-20(7-13-23)28-29(21-8-14-24(40-2)15-9-21)34-30(33-28)41-19-27(36)32-22-10-16-25(17-11-22)42(37,38)35-26-5-3-4-18-31-26/h3-18H,19H2,1-2H3,(H,31,35)(H,32,36)(H,33,34). The molecule has 0 aliphatic heterocycles. The van der Waals surface area contributed by atoms with Crippen LogP contribution in [0.15, 0.2) is 107 Å². The highest BCUT2D eigenvalue weighted by atomic mass is 32.2. The van der Waals surface area contributed by atoms with E-state index in [0.29, 0.717) is 10.8 Å². The summed E-state index contributed by atoms with van der Waals surface area (Å²) in [6.45, 7) is 0. The lowest BCUT2D eigenvalue weighted by Gasteiger charge is -2.08. The first-order valence-corrected chi connectivity index (χ1v) is 15.2. The van der Waals surface area contributed by atoms with Crippen LogP contribution in [0, 0.1) is 0 Å². The second kappa shape index (κ2) is 12.8. The van der Waals surface area contributed by atoms with Crippen LogP contribution in [0.25, 0.3) is 22.5 Å². The molecule has 1 amide bonds. The molecule has 12 heteroatoms. The molecule has 0 bridgehead atoms. The van der Waals surface area contributed by atoms with E-state index < -0.39 is 10.0 Å². The number of nitrogens with one attached hydrogen (secondary N) is 3. The lowest BCUT2D eigenvalue weighted by Crippen LogP contribution is -2.15. The van der Waals surface area contributed by atoms with Crippen molar-refractivity contribution in [1.29, 1.82) is 0 Å². The van der Waals surface area contributed by atoms with Crippen LogP contribution in [0.2, 0.25) is 0 Å². The molecule has 2 aromatic heterocycles. The molecule has 0 aliphatic carbocycles. The minimum atomic E-state index is -3.82. The first-order valence-electron chi connectivity index (χ1n) is 12.7. The number of hydrogen-bond donors (Lipinski definition) is 3. The van der Waals surface area contributed by atoms with Crippen molar-refractivity contribution in [3.63, 3.8) is 0 Å². The first kappa shape index (κ1) is 28.7. The number of ether oxygens (including phenoxy) is 2. The molecular weight excluding hydrogens is 574 g/mol. The van der Waals surface area contributed by atoms with E-state index in [1.54, 1.807) is 32.4 Å². The van der Waals surface area contributed by atoms with Gasteiger partial charge in [0.25, 0.3) is 10.0 Å². The minimum absolute atomic E-state index is 0.0493. The van der Waals surface area contributed by atoms with E-state index in [1.165, 1.54) is 42.2 Å². The third-order valence-corrected chi connectivity index (χ3v) is 8.36. The highest BCUT2D eigenvalue weighted by molar-refractivity contribution is 7.99. The van der Waals surface area contributed by atoms with Gasteiger partial charge in [0.1, 0.15) is 17.3 Å². The average molecular weight is 602 g/mol. The normalized spacial score (nSPS) is 11.1. The Morgan fingerprint density at radius 3 is 2.10 bits per heavy atom. The summed E-state index contributed by atoms with van der Waals surface area (Å²) in [5.74, 6) is 1.51. The molecule has 10 nitrogen and oxygen atoms in total. The summed E-state index contributed by atoms with van der Waals surface area (Å²) in [5, 5.41) is 3.37. The number of methoxy groups -OCH3 is 2. The summed E-state index contributed by atoms with van der Waals surface area (Å²) < 4.78 is 38.3. The number of sulfonamides is 1. The maximum absolute atomic E-state index is 12.7. The highest BCUT2D eigenvalue weighted by Crippen LogP contribution is 2.34. The number of rotatable bonds is 11. The summed E-state index contributed by atoms with van der Waals surface area (Å²) >= 11 is 1.26. The Morgan fingerprint density at radius 1 is 0.857 bits per heavy atom. The van der Waals surface area contributed by atoms with Crippen molar-refractivity contribution < 1.29 is 22.7 Å². The van der Waals surface area contributed by atoms with Crippen LogP contribution >= 0.6 is 11.8 Å². The summed E-state index contributed by atoms with van der Waals surface area (Å²) in [5.41, 5.74) is 3.82. The van der Waals surface area contributed by atoms with E-state index in [-0.39, 0.29) is 22.4 Å². The van der Waals surface area contributed by atoms with Gasteiger partial charge < -0.3 is 19.8 Å². The lowest BCUT2D eigenvalue weighted by atomic mass is 10.0. The molecular formula is C30H27N5O5S2. The van der Waals surface area contributed by atoms with Gasteiger partial charge in [-0.1, -0.05) is 17.8 Å². The van der Waals surface area contributed by atoms with Crippen LogP contribution in [-0.4, -0.2) is 49.2 Å². The number of hydrogen-bond acceptors (Lipinski definition) is 8. The van der Waals surface area contributed by atoms with Crippen molar-refractivity contribution in [3.05, 3.63) is 97.2 Å². The van der Waals surface area contributed by atoms with E-state index in [0.717, 1.165) is 34.0 Å². The Labute approximate surface area is 247 Å². The maximum Gasteiger partial charge on any atom is 0.263 e. The zero-order valence-electron chi connectivity index (χ0n) is 22.7. The van der Waals surface area contributed by atoms with Gasteiger partial charge in [-0.05, 0) is 84.9 Å². The van der Waals surface area contributed by atoms with Crippen molar-refractivity contribution in [1.82, 2.24) is 15.0 Å². The number of thioether (sulfide) groups is 1. The fraction of sp³-hybridized carbons (Fsp3) is 0.100. The third-order valence-electron chi connectivity index (χ3n) is 6.12. The van der Waals surface area contributed by atoms with Gasteiger partial charge in [0, 0.05) is 23.0 Å². The van der Waals surface area contributed by atoms with Crippen molar-refractivity contribution in [3.8, 4) is 34.0 Å². The number of aromatic amines is 1. The first-order chi connectivity index (χ1) is 20.3. The Kier molecular flexibility index (Phi) is 8.74. The SMILES string of the molecule is COc1ccc(-c2nc(SCC(=O)Nc3ccc(S(=O)(=O)Nc4ccccn4)cc3)[nH]c2-c2ccc(OC)cc2)cc1. The van der Waals surface area contributed by atoms with Crippen LogP contribution in [0.5, 0.6) is 11.5 Å². The van der Waals surface area contributed by atoms with Crippen LogP contribution in [0.1, 0.15) is 0 Å². The van der Waals surface area contributed by atoms with Gasteiger partial charge in [0.05, 0.1) is 36.3 Å². The predicted octanol–water partition coefficient (Wildman–Crippen LogP) is 5.69. The zero-order valence-corrected chi connectivity index (χ0v) is 24.3. The molecule has 0 unspecified atom stereocenters. The molecule has 5 rings (SSSR count). The van der Waals surface area contributed by atoms with Gasteiger partial charge in [-0.15, -0.1) is 0 Å². The topological polar surface area (TPSA) is 135 Å². The number of imidazole rings is 1. The van der Waals surface area contributed by atoms with Crippen molar-refractivity contribution >= 4 is 39.2 Å². The molecule has 3 N–H and O–H groups in total. The molecule has 3 aromatic carbocycles. The van der Waals surface area contributed by atoms with Crippen LogP contribution in [0.3, 0.4) is 0 Å². The Balaban J connectivity index is 1.27. The molecule has 214 valence electrons. The van der Waals surface area contributed by atoms with Gasteiger partial charge in [0.15, 0.2) is 5.16 Å². The summed E-state index contributed by atoms with van der Waals surface area (Å²) in [6.07, 6.45) is 1.50. The van der Waals surface area contributed by atoms with Crippen molar-refractivity contribution in [2.24, 2.45) is 0 Å². The summed E-state index contributed by atoms with van der Waals surface area (Å²) in [4.78, 5) is 24.9. The fourth-order valence-corrected chi connectivity index (χ4v) is 5.69. The molecule has 0 saturated heterocycles. The predicted molar refractivity (Wildman–Crippen MR) is 163 cm³/mol. The Morgan fingerprint density at radius 2 is 1.50 bits per heavy atom. The number of H-pyrrole nitrogens is 1. The maximum atomic E-state index is 12.7. The van der Waals surface area contributed by atoms with E-state index in [4.69, 9.17) is 14.5 Å². The summed E-state index contributed by atoms with van der Waals surface area (Å²) in [6, 6.07) is 26.1. The molecule has 0 aliphatic rings. The van der Waals surface area contributed by atoms with E-state index in [2.05, 4.69) is 20.0 Å². The Bertz CT molecular complexity index is 1690. The number of nitrogens with zero attached hydrogens (tertiary/aromatic N) is 2. The number of pyridine rings is 1. The van der Waals surface area contributed by atoms with E-state index >= 15 is 0 Å². The molecule has 2 heterocycles. The van der Waals surface area contributed by atoms with Gasteiger partial charge in [-0.2, -0.15) is 0 Å². The number of amides is 1. The van der Waals surface area contributed by atoms with Gasteiger partial charge in [0.2, 0.25) is 5.91 Å². The van der Waals surface area contributed by atoms with Gasteiger partial charge in [-0.25, -0.2) is 18.4 Å². The number of anilines is 2. The Hall–Kier alpha value is -4.81. The monoisotopic (exact) mass is 601 g/mol. The molecule has 0 spiro atoms. The summed E-state index contributed by atoms with van der Waals surface area (Å²) in [7, 11) is -0.586. The quantitative estimate of drug-likeness (QED) is 0.164. The number of carbonyl (C=O) groups is 1. The highest BCUT2D eigenvalue weighted by Gasteiger charge is 2.17. The molecule has 5 aromatic rings. The van der Waals surface area contributed by atoms with Gasteiger partial charge in [-0.3, -0.25) is 9.52 Å². The average Bonchev–Trinajstić information content (AvgIpc) is 3.45. The molecule has 0 saturated carbocycles. The second-order valence-corrected chi connectivity index (χ2v) is 11.6. The smallest absolute Gasteiger partial charge is 0.263 e. The molecule has 0 fully saturated rings. The number of aromatic nitrogens is 3. The minimum Gasteiger partial charge on any atom is -0.497 e. The van der Waals surface area contributed by atoms with Crippen LogP contribution < -0.4 is 19.5 Å². The zero-order chi connectivity index (χ0) is 29.5. The van der Waals surface area contributed by atoms with E-state index in [9.17, 15) is 13.2 Å². The lowest BCUT2D eigenvalue weighted by molar-refractivity contribution is -0.113. The number of carbonyl (C=O) groups excluding carboxylic acids is 1. The molecule has 0 atom stereocenters. The van der Waals surface area contributed by atoms with Crippen molar-refractivity contribution in [2.75, 3.05) is 30.0 Å². The molecule has 42 heavy (non-hydrogen) atoms. The molecule has 0 radical (unpaired) electrons. The number of benzene rings is 3. The largest absolute Gasteiger partial charge is 0.497 e. The van der Waals surface area contributed by atoms with Gasteiger partial charge >= 0.3 is 0 Å². The fourth-order valence-electron chi connectivity index (χ4n) is 4.01. The second-order valence-electron chi connectivity index (χ2n) is 8.90. The third kappa shape index (κ3) is 6.90. The van der Waals surface area contributed by atoms with Crippen molar-refractivity contribution in [2.45, 2.75) is 10.1 Å². The van der Waals surface area contributed by atoms with E-state index in [1.807, 2.05) is 48.5 Å².